The number of halogens is 1. The molecule has 120 valence electrons. The van der Waals surface area contributed by atoms with Crippen molar-refractivity contribution < 1.29 is 14.3 Å². The first kappa shape index (κ1) is 16.8. The van der Waals surface area contributed by atoms with Crippen LogP contribution < -0.4 is 15.4 Å². The number of nitrogens with one attached hydrogen (secondary N) is 2. The Kier molecular flexibility index (Phi) is 5.60. The molecule has 0 radical (unpaired) electrons. The summed E-state index contributed by atoms with van der Waals surface area (Å²) in [5, 5.41) is 5.61. The summed E-state index contributed by atoms with van der Waals surface area (Å²) in [4.78, 5) is 24.1. The minimum atomic E-state index is -0.781. The van der Waals surface area contributed by atoms with Crippen molar-refractivity contribution in [2.24, 2.45) is 0 Å². The maximum atomic E-state index is 12.1. The van der Waals surface area contributed by atoms with Gasteiger partial charge in [0.25, 0.3) is 0 Å². The van der Waals surface area contributed by atoms with Gasteiger partial charge in [-0.15, -0.1) is 0 Å². The zero-order valence-corrected chi connectivity index (χ0v) is 13.6. The standard InChI is InChI=1S/C17H17ClN2O3/c1-3-23-15-10-5-4-8-14(15)20-17(22)16(21)19-13-9-6-7-12(18)11(13)2/h4-10H,3H2,1-2H3,(H,19,21)(H,20,22). The zero-order valence-electron chi connectivity index (χ0n) is 12.9. The molecule has 0 aliphatic heterocycles. The fourth-order valence-electron chi connectivity index (χ4n) is 1.95. The van der Waals surface area contributed by atoms with E-state index < -0.39 is 11.8 Å². The van der Waals surface area contributed by atoms with E-state index in [-0.39, 0.29) is 0 Å². The number of carbonyl (C=O) groups is 2. The maximum Gasteiger partial charge on any atom is 0.314 e. The van der Waals surface area contributed by atoms with Gasteiger partial charge in [-0.2, -0.15) is 0 Å². The molecular weight excluding hydrogens is 316 g/mol. The number of anilines is 2. The highest BCUT2D eigenvalue weighted by atomic mass is 35.5. The van der Waals surface area contributed by atoms with Crippen LogP contribution in [0.15, 0.2) is 42.5 Å². The molecule has 5 nitrogen and oxygen atoms in total. The second kappa shape index (κ2) is 7.65. The Bertz CT molecular complexity index is 732. The molecule has 0 aliphatic carbocycles. The molecule has 2 aromatic rings. The van der Waals surface area contributed by atoms with Gasteiger partial charge in [0.2, 0.25) is 0 Å². The van der Waals surface area contributed by atoms with Crippen LogP contribution in [0.1, 0.15) is 12.5 Å². The average molecular weight is 333 g/mol. The second-order valence-corrected chi connectivity index (χ2v) is 5.16. The Morgan fingerprint density at radius 3 is 2.30 bits per heavy atom. The summed E-state index contributed by atoms with van der Waals surface area (Å²) in [6, 6.07) is 12.0. The van der Waals surface area contributed by atoms with Crippen LogP contribution in [0.4, 0.5) is 11.4 Å². The highest BCUT2D eigenvalue weighted by molar-refractivity contribution is 6.44. The molecule has 0 unspecified atom stereocenters. The van der Waals surface area contributed by atoms with Crippen LogP contribution in [0.2, 0.25) is 5.02 Å². The lowest BCUT2D eigenvalue weighted by molar-refractivity contribution is -0.133. The SMILES string of the molecule is CCOc1ccccc1NC(=O)C(=O)Nc1cccc(Cl)c1C. The zero-order chi connectivity index (χ0) is 16.8. The molecule has 6 heteroatoms. The quantitative estimate of drug-likeness (QED) is 0.840. The number of hydrogen-bond acceptors (Lipinski definition) is 3. The predicted octanol–water partition coefficient (Wildman–Crippen LogP) is 3.62. The van der Waals surface area contributed by atoms with Gasteiger partial charge in [-0.25, -0.2) is 0 Å². The van der Waals surface area contributed by atoms with E-state index in [4.69, 9.17) is 16.3 Å². The van der Waals surface area contributed by atoms with Gasteiger partial charge in [-0.1, -0.05) is 29.8 Å². The summed E-state index contributed by atoms with van der Waals surface area (Å²) in [6.45, 7) is 4.06. The number of benzene rings is 2. The first-order chi connectivity index (χ1) is 11.0. The third kappa shape index (κ3) is 4.23. The number of rotatable bonds is 4. The van der Waals surface area contributed by atoms with Crippen LogP contribution in [0, 0.1) is 6.92 Å². The molecule has 0 heterocycles. The maximum absolute atomic E-state index is 12.1. The number of para-hydroxylation sites is 2. The monoisotopic (exact) mass is 332 g/mol. The first-order valence-corrected chi connectivity index (χ1v) is 7.50. The van der Waals surface area contributed by atoms with Gasteiger partial charge in [0, 0.05) is 10.7 Å². The summed E-state index contributed by atoms with van der Waals surface area (Å²) >= 11 is 5.99. The van der Waals surface area contributed by atoms with Crippen molar-refractivity contribution in [1.29, 1.82) is 0 Å². The molecule has 0 bridgehead atoms. The van der Waals surface area contributed by atoms with E-state index in [9.17, 15) is 9.59 Å². The normalized spacial score (nSPS) is 10.0. The Balaban J connectivity index is 2.09. The van der Waals surface area contributed by atoms with Crippen molar-refractivity contribution >= 4 is 34.8 Å². The summed E-state index contributed by atoms with van der Waals surface area (Å²) < 4.78 is 5.41. The summed E-state index contributed by atoms with van der Waals surface area (Å²) in [5.74, 6) is -1.05. The van der Waals surface area contributed by atoms with E-state index >= 15 is 0 Å². The molecule has 23 heavy (non-hydrogen) atoms. The molecule has 2 aromatic carbocycles. The van der Waals surface area contributed by atoms with Crippen LogP contribution in [-0.4, -0.2) is 18.4 Å². The van der Waals surface area contributed by atoms with Crippen LogP contribution in [0.3, 0.4) is 0 Å². The van der Waals surface area contributed by atoms with Crippen molar-refractivity contribution in [2.75, 3.05) is 17.2 Å². The third-order valence-corrected chi connectivity index (χ3v) is 3.57. The van der Waals surface area contributed by atoms with Gasteiger partial charge in [0.05, 0.1) is 12.3 Å². The predicted molar refractivity (Wildman–Crippen MR) is 91.1 cm³/mol. The summed E-state index contributed by atoms with van der Waals surface area (Å²) in [7, 11) is 0. The highest BCUT2D eigenvalue weighted by Gasteiger charge is 2.17. The molecule has 2 N–H and O–H groups in total. The molecule has 0 saturated carbocycles. The summed E-state index contributed by atoms with van der Waals surface area (Å²) in [6.07, 6.45) is 0. The lowest BCUT2D eigenvalue weighted by Crippen LogP contribution is -2.29. The molecular formula is C17H17ClN2O3. The van der Waals surface area contributed by atoms with Crippen molar-refractivity contribution in [3.05, 3.63) is 53.1 Å². The molecule has 0 aliphatic rings. The van der Waals surface area contributed by atoms with E-state index in [1.165, 1.54) is 0 Å². The highest BCUT2D eigenvalue weighted by Crippen LogP contribution is 2.25. The van der Waals surface area contributed by atoms with Gasteiger partial charge in [0.1, 0.15) is 5.75 Å². The Morgan fingerprint density at radius 2 is 1.61 bits per heavy atom. The molecule has 0 spiro atoms. The minimum absolute atomic E-state index is 0.442. The van der Waals surface area contributed by atoms with Crippen LogP contribution in [0.25, 0.3) is 0 Å². The first-order valence-electron chi connectivity index (χ1n) is 7.12. The molecule has 0 saturated heterocycles. The molecule has 2 amide bonds. The smallest absolute Gasteiger partial charge is 0.314 e. The van der Waals surface area contributed by atoms with E-state index in [1.54, 1.807) is 49.4 Å². The van der Waals surface area contributed by atoms with Crippen molar-refractivity contribution in [1.82, 2.24) is 0 Å². The Morgan fingerprint density at radius 1 is 1.00 bits per heavy atom. The molecule has 2 rings (SSSR count). The number of carbonyl (C=O) groups excluding carboxylic acids is 2. The third-order valence-electron chi connectivity index (χ3n) is 3.16. The second-order valence-electron chi connectivity index (χ2n) is 4.75. The minimum Gasteiger partial charge on any atom is -0.492 e. The van der Waals surface area contributed by atoms with Gasteiger partial charge in [0.15, 0.2) is 0 Å². The van der Waals surface area contributed by atoms with Crippen molar-refractivity contribution in [3.63, 3.8) is 0 Å². The lowest BCUT2D eigenvalue weighted by atomic mass is 10.2. The van der Waals surface area contributed by atoms with Gasteiger partial charge >= 0.3 is 11.8 Å². The van der Waals surface area contributed by atoms with Crippen molar-refractivity contribution in [3.8, 4) is 5.75 Å². The fraction of sp³-hybridized carbons (Fsp3) is 0.176. The number of hydrogen-bond donors (Lipinski definition) is 2. The van der Waals surface area contributed by atoms with E-state index in [0.29, 0.717) is 34.3 Å². The van der Waals surface area contributed by atoms with E-state index in [2.05, 4.69) is 10.6 Å². The van der Waals surface area contributed by atoms with E-state index in [0.717, 1.165) is 0 Å². The molecule has 0 atom stereocenters. The van der Waals surface area contributed by atoms with Crippen LogP contribution >= 0.6 is 11.6 Å². The summed E-state index contributed by atoms with van der Waals surface area (Å²) in [5.41, 5.74) is 1.64. The van der Waals surface area contributed by atoms with Crippen molar-refractivity contribution in [2.45, 2.75) is 13.8 Å². The Labute approximate surface area is 139 Å². The number of amides is 2. The molecule has 0 aromatic heterocycles. The number of ether oxygens (including phenoxy) is 1. The van der Waals surface area contributed by atoms with Crippen LogP contribution in [-0.2, 0) is 9.59 Å². The molecule has 0 fully saturated rings. The fourth-order valence-corrected chi connectivity index (χ4v) is 2.13. The topological polar surface area (TPSA) is 67.4 Å². The lowest BCUT2D eigenvalue weighted by Gasteiger charge is -2.12. The Hall–Kier alpha value is -2.53. The van der Waals surface area contributed by atoms with Gasteiger partial charge in [-0.05, 0) is 43.7 Å². The van der Waals surface area contributed by atoms with Crippen LogP contribution in [0.5, 0.6) is 5.75 Å². The van der Waals surface area contributed by atoms with Gasteiger partial charge in [-0.3, -0.25) is 9.59 Å². The van der Waals surface area contributed by atoms with E-state index in [1.807, 2.05) is 6.92 Å². The average Bonchev–Trinajstić information content (AvgIpc) is 2.54. The van der Waals surface area contributed by atoms with Gasteiger partial charge < -0.3 is 15.4 Å². The largest absolute Gasteiger partial charge is 0.492 e.